The number of furan rings is 1. The zero-order valence-corrected chi connectivity index (χ0v) is 20.9. The summed E-state index contributed by atoms with van der Waals surface area (Å²) >= 11 is 0. The Morgan fingerprint density at radius 1 is 0.971 bits per heavy atom. The van der Waals surface area contributed by atoms with E-state index in [1.807, 2.05) is 50.2 Å². The molecule has 0 spiro atoms. The molecule has 1 aromatic heterocycles. The van der Waals surface area contributed by atoms with E-state index in [0.717, 1.165) is 17.4 Å². The van der Waals surface area contributed by atoms with E-state index in [1.54, 1.807) is 26.8 Å². The summed E-state index contributed by atoms with van der Waals surface area (Å²) < 4.78 is 41.3. The number of sulfonamides is 1. The van der Waals surface area contributed by atoms with Gasteiger partial charge < -0.3 is 9.15 Å². The van der Waals surface area contributed by atoms with Gasteiger partial charge in [-0.3, -0.25) is 4.72 Å². The Hall–Kier alpha value is -3.32. The molecule has 0 saturated carbocycles. The third-order valence-electron chi connectivity index (χ3n) is 5.84. The lowest BCUT2D eigenvalue weighted by molar-refractivity contribution is 0.0525. The van der Waals surface area contributed by atoms with Crippen molar-refractivity contribution >= 4 is 43.4 Å². The van der Waals surface area contributed by atoms with Crippen LogP contribution in [0.15, 0.2) is 51.8 Å². The molecule has 0 aliphatic rings. The lowest BCUT2D eigenvalue weighted by Gasteiger charge is -2.15. The van der Waals surface area contributed by atoms with Gasteiger partial charge in [-0.1, -0.05) is 48.9 Å². The van der Waals surface area contributed by atoms with E-state index in [1.165, 1.54) is 0 Å². The van der Waals surface area contributed by atoms with Crippen LogP contribution in [0.2, 0.25) is 0 Å². The minimum Gasteiger partial charge on any atom is -0.462 e. The Labute approximate surface area is 200 Å². The molecule has 0 atom stereocenters. The Morgan fingerprint density at radius 2 is 1.62 bits per heavy atom. The molecule has 1 N–H and O–H groups in total. The molecule has 34 heavy (non-hydrogen) atoms. The Morgan fingerprint density at radius 3 is 2.24 bits per heavy atom. The molecular formula is C27H29NO5S. The maximum Gasteiger partial charge on any atom is 0.342 e. The molecule has 0 bridgehead atoms. The Balaban J connectivity index is 1.97. The SMILES string of the molecule is CCCc1oc2c(cc(NS(=O)(=O)c3c(C)cc(C)cc3C)c3ccccc32)c1C(=O)OCC. The Kier molecular flexibility index (Phi) is 6.41. The molecule has 0 aliphatic heterocycles. The number of anilines is 1. The van der Waals surface area contributed by atoms with Gasteiger partial charge in [0.05, 0.1) is 17.2 Å². The van der Waals surface area contributed by atoms with Gasteiger partial charge in [0.1, 0.15) is 16.9 Å². The molecule has 3 aromatic carbocycles. The summed E-state index contributed by atoms with van der Waals surface area (Å²) in [6, 6.07) is 12.8. The van der Waals surface area contributed by atoms with E-state index in [9.17, 15) is 13.2 Å². The van der Waals surface area contributed by atoms with Crippen LogP contribution in [0.5, 0.6) is 0 Å². The number of carbonyl (C=O) groups excluding carboxylic acids is 1. The van der Waals surface area contributed by atoms with Crippen molar-refractivity contribution in [2.75, 3.05) is 11.3 Å². The highest BCUT2D eigenvalue weighted by atomic mass is 32.2. The first kappa shape index (κ1) is 23.8. The van der Waals surface area contributed by atoms with E-state index in [4.69, 9.17) is 9.15 Å². The minimum atomic E-state index is -3.90. The summed E-state index contributed by atoms with van der Waals surface area (Å²) in [7, 11) is -3.90. The quantitative estimate of drug-likeness (QED) is 0.308. The van der Waals surface area contributed by atoms with Gasteiger partial charge in [-0.2, -0.15) is 0 Å². The zero-order chi connectivity index (χ0) is 24.6. The van der Waals surface area contributed by atoms with Gasteiger partial charge in [-0.25, -0.2) is 13.2 Å². The van der Waals surface area contributed by atoms with Crippen molar-refractivity contribution in [3.05, 3.63) is 70.5 Å². The molecule has 7 heteroatoms. The predicted octanol–water partition coefficient (Wildman–Crippen LogP) is 6.44. The lowest BCUT2D eigenvalue weighted by Crippen LogP contribution is -2.16. The second kappa shape index (κ2) is 9.14. The first-order valence-electron chi connectivity index (χ1n) is 11.4. The fourth-order valence-corrected chi connectivity index (χ4v) is 6.20. The van der Waals surface area contributed by atoms with Crippen LogP contribution in [0.25, 0.3) is 21.7 Å². The van der Waals surface area contributed by atoms with Crippen LogP contribution >= 0.6 is 0 Å². The van der Waals surface area contributed by atoms with Crippen LogP contribution < -0.4 is 4.72 Å². The average molecular weight is 480 g/mol. The number of ether oxygens (including phenoxy) is 1. The number of esters is 1. The van der Waals surface area contributed by atoms with Crippen LogP contribution in [-0.4, -0.2) is 21.0 Å². The molecule has 0 unspecified atom stereocenters. The maximum atomic E-state index is 13.5. The van der Waals surface area contributed by atoms with Crippen molar-refractivity contribution < 1.29 is 22.4 Å². The molecule has 0 radical (unpaired) electrons. The Bertz CT molecular complexity index is 1490. The predicted molar refractivity (Wildman–Crippen MR) is 135 cm³/mol. The van der Waals surface area contributed by atoms with E-state index >= 15 is 0 Å². The molecule has 1 heterocycles. The van der Waals surface area contributed by atoms with Gasteiger partial charge in [0.2, 0.25) is 0 Å². The molecule has 0 aliphatic carbocycles. The first-order chi connectivity index (χ1) is 16.2. The zero-order valence-electron chi connectivity index (χ0n) is 20.1. The number of nitrogens with one attached hydrogen (secondary N) is 1. The highest BCUT2D eigenvalue weighted by Crippen LogP contribution is 2.38. The number of fused-ring (bicyclic) bond motifs is 3. The largest absolute Gasteiger partial charge is 0.462 e. The van der Waals surface area contributed by atoms with Gasteiger partial charge in [-0.05, 0) is 51.3 Å². The van der Waals surface area contributed by atoms with E-state index < -0.39 is 16.0 Å². The summed E-state index contributed by atoms with van der Waals surface area (Å²) in [5, 5.41) is 1.95. The van der Waals surface area contributed by atoms with Crippen molar-refractivity contribution in [3.8, 4) is 0 Å². The smallest absolute Gasteiger partial charge is 0.342 e. The monoisotopic (exact) mass is 479 g/mol. The second-order valence-corrected chi connectivity index (χ2v) is 10.2. The van der Waals surface area contributed by atoms with Gasteiger partial charge in [0, 0.05) is 22.6 Å². The number of hydrogen-bond acceptors (Lipinski definition) is 5. The maximum absolute atomic E-state index is 13.5. The van der Waals surface area contributed by atoms with Crippen molar-refractivity contribution in [2.45, 2.75) is 52.4 Å². The highest BCUT2D eigenvalue weighted by Gasteiger charge is 2.26. The van der Waals surface area contributed by atoms with Crippen LogP contribution in [-0.2, 0) is 21.2 Å². The highest BCUT2D eigenvalue weighted by molar-refractivity contribution is 7.92. The standard InChI is InChI=1S/C27H29NO5S/c1-6-10-23-24(27(29)32-7-2)21-15-22(19-11-8-9-12-20(19)25(21)33-23)28-34(30,31)26-17(4)13-16(3)14-18(26)5/h8-9,11-15,28H,6-7,10H2,1-5H3. The molecular weight excluding hydrogens is 450 g/mol. The molecule has 0 amide bonds. The summed E-state index contributed by atoms with van der Waals surface area (Å²) in [5.41, 5.74) is 3.64. The molecule has 178 valence electrons. The first-order valence-corrected chi connectivity index (χ1v) is 12.9. The topological polar surface area (TPSA) is 85.6 Å². The lowest BCUT2D eigenvalue weighted by atomic mass is 10.0. The fraction of sp³-hybridized carbons (Fsp3) is 0.296. The fourth-order valence-electron chi connectivity index (χ4n) is 4.67. The average Bonchev–Trinajstić information content (AvgIpc) is 3.11. The summed E-state index contributed by atoms with van der Waals surface area (Å²) in [6.07, 6.45) is 1.36. The van der Waals surface area contributed by atoms with E-state index in [-0.39, 0.29) is 11.5 Å². The third kappa shape index (κ3) is 4.16. The molecule has 0 saturated heterocycles. The van der Waals surface area contributed by atoms with Crippen LogP contribution in [0, 0.1) is 20.8 Å². The third-order valence-corrected chi connectivity index (χ3v) is 7.51. The van der Waals surface area contributed by atoms with E-state index in [2.05, 4.69) is 4.72 Å². The van der Waals surface area contributed by atoms with Crippen molar-refractivity contribution in [3.63, 3.8) is 0 Å². The second-order valence-electron chi connectivity index (χ2n) is 8.55. The van der Waals surface area contributed by atoms with Gasteiger partial charge in [0.15, 0.2) is 0 Å². The van der Waals surface area contributed by atoms with Crippen LogP contribution in [0.3, 0.4) is 0 Å². The number of rotatable bonds is 7. The van der Waals surface area contributed by atoms with Gasteiger partial charge in [0.25, 0.3) is 10.0 Å². The van der Waals surface area contributed by atoms with Crippen molar-refractivity contribution in [1.82, 2.24) is 0 Å². The van der Waals surface area contributed by atoms with Gasteiger partial charge >= 0.3 is 5.97 Å². The number of aryl methyl sites for hydroxylation is 4. The summed E-state index contributed by atoms with van der Waals surface area (Å²) in [4.78, 5) is 13.1. The normalized spacial score (nSPS) is 11.8. The van der Waals surface area contributed by atoms with Crippen molar-refractivity contribution in [2.24, 2.45) is 0 Å². The number of carbonyl (C=O) groups is 1. The molecule has 6 nitrogen and oxygen atoms in total. The number of hydrogen-bond donors (Lipinski definition) is 1. The minimum absolute atomic E-state index is 0.232. The molecule has 4 rings (SSSR count). The van der Waals surface area contributed by atoms with Crippen LogP contribution in [0.4, 0.5) is 5.69 Å². The summed E-state index contributed by atoms with van der Waals surface area (Å²) in [6.45, 7) is 9.52. The molecule has 4 aromatic rings. The van der Waals surface area contributed by atoms with Crippen LogP contribution in [0.1, 0.15) is 53.1 Å². The summed E-state index contributed by atoms with van der Waals surface area (Å²) in [5.74, 6) is 0.0744. The van der Waals surface area contributed by atoms with Crippen molar-refractivity contribution in [1.29, 1.82) is 0 Å². The molecule has 0 fully saturated rings. The van der Waals surface area contributed by atoms with E-state index in [0.29, 0.717) is 50.9 Å². The number of benzene rings is 3. The van der Waals surface area contributed by atoms with Gasteiger partial charge in [-0.15, -0.1) is 0 Å².